The summed E-state index contributed by atoms with van der Waals surface area (Å²) < 4.78 is 1.60. The smallest absolute Gasteiger partial charge is 0.251 e. The van der Waals surface area contributed by atoms with Crippen LogP contribution in [0.3, 0.4) is 0 Å². The molecule has 10 nitrogen and oxygen atoms in total. The zero-order valence-corrected chi connectivity index (χ0v) is 16.6. The fourth-order valence-corrected chi connectivity index (χ4v) is 2.86. The van der Waals surface area contributed by atoms with E-state index in [0.717, 1.165) is 11.3 Å². The minimum atomic E-state index is -0.295. The van der Waals surface area contributed by atoms with Crippen molar-refractivity contribution in [1.82, 2.24) is 40.2 Å². The Morgan fingerprint density at radius 3 is 2.83 bits per heavy atom. The monoisotopic (exact) mass is 403 g/mol. The highest BCUT2D eigenvalue weighted by Gasteiger charge is 2.15. The Morgan fingerprint density at radius 1 is 1.23 bits per heavy atom. The van der Waals surface area contributed by atoms with Gasteiger partial charge in [-0.2, -0.15) is 10.2 Å². The summed E-state index contributed by atoms with van der Waals surface area (Å²) in [7, 11) is 1.79. The Balaban J connectivity index is 1.37. The Morgan fingerprint density at radius 2 is 2.07 bits per heavy atom. The number of pyridine rings is 1. The first-order valence-corrected chi connectivity index (χ1v) is 9.40. The number of rotatable bonds is 7. The summed E-state index contributed by atoms with van der Waals surface area (Å²) >= 11 is 0. The van der Waals surface area contributed by atoms with E-state index in [2.05, 4.69) is 40.9 Å². The minimum absolute atomic E-state index is 0.196. The second-order valence-corrected chi connectivity index (χ2v) is 6.75. The molecule has 4 rings (SSSR count). The van der Waals surface area contributed by atoms with Crippen molar-refractivity contribution in [3.63, 3.8) is 0 Å². The molecular formula is C20H21N9O. The van der Waals surface area contributed by atoms with Crippen LogP contribution in [0.5, 0.6) is 0 Å². The number of nitrogens with zero attached hydrogens (tertiary/aromatic N) is 6. The molecule has 0 bridgehead atoms. The summed E-state index contributed by atoms with van der Waals surface area (Å²) in [6.45, 7) is 2.29. The molecule has 30 heavy (non-hydrogen) atoms. The van der Waals surface area contributed by atoms with E-state index in [1.54, 1.807) is 42.6 Å². The fourth-order valence-electron chi connectivity index (χ4n) is 2.86. The predicted octanol–water partition coefficient (Wildman–Crippen LogP) is 2.10. The van der Waals surface area contributed by atoms with Crippen molar-refractivity contribution in [2.24, 2.45) is 7.05 Å². The lowest BCUT2D eigenvalue weighted by molar-refractivity contribution is 0.0938. The van der Waals surface area contributed by atoms with E-state index in [1.165, 1.54) is 0 Å². The molecule has 4 aromatic rings. The maximum Gasteiger partial charge on any atom is 0.251 e. The number of carbonyl (C=O) groups excluding carboxylic acids is 1. The van der Waals surface area contributed by atoms with E-state index >= 15 is 0 Å². The molecule has 0 aliphatic heterocycles. The quantitative estimate of drug-likeness (QED) is 0.431. The Bertz CT molecular complexity index is 1140. The number of H-pyrrole nitrogens is 1. The average molecular weight is 403 g/mol. The van der Waals surface area contributed by atoms with Crippen LogP contribution in [0.2, 0.25) is 0 Å². The van der Waals surface area contributed by atoms with E-state index in [1.807, 2.05) is 31.2 Å². The lowest BCUT2D eigenvalue weighted by atomic mass is 10.1. The highest BCUT2D eigenvalue weighted by atomic mass is 16.1. The van der Waals surface area contributed by atoms with Gasteiger partial charge in [0.1, 0.15) is 12.2 Å². The number of nitrogens with one attached hydrogen (secondary N) is 3. The molecule has 0 radical (unpaired) electrons. The number of aryl methyl sites for hydroxylation is 1. The van der Waals surface area contributed by atoms with Crippen LogP contribution in [-0.2, 0) is 13.6 Å². The van der Waals surface area contributed by atoms with E-state index < -0.39 is 0 Å². The molecule has 1 amide bonds. The summed E-state index contributed by atoms with van der Waals surface area (Å²) in [6, 6.07) is 10.7. The van der Waals surface area contributed by atoms with Crippen LogP contribution in [0.4, 0.5) is 5.69 Å². The molecule has 0 saturated carbocycles. The van der Waals surface area contributed by atoms with E-state index in [-0.39, 0.29) is 11.9 Å². The van der Waals surface area contributed by atoms with Crippen LogP contribution in [-0.4, -0.2) is 40.8 Å². The number of carbonyl (C=O) groups is 1. The lowest BCUT2D eigenvalue weighted by Crippen LogP contribution is -2.27. The van der Waals surface area contributed by atoms with Crippen LogP contribution in [0.1, 0.15) is 35.0 Å². The zero-order chi connectivity index (χ0) is 20.9. The molecule has 3 N–H and O–H groups in total. The average Bonchev–Trinajstić information content (AvgIpc) is 3.42. The number of anilines is 1. The van der Waals surface area contributed by atoms with Crippen molar-refractivity contribution in [2.75, 3.05) is 5.32 Å². The van der Waals surface area contributed by atoms with Gasteiger partial charge in [0, 0.05) is 36.3 Å². The maximum atomic E-state index is 12.6. The van der Waals surface area contributed by atoms with Crippen molar-refractivity contribution in [3.05, 3.63) is 72.3 Å². The molecule has 0 aliphatic rings. The van der Waals surface area contributed by atoms with Gasteiger partial charge < -0.3 is 10.6 Å². The first-order valence-electron chi connectivity index (χ1n) is 9.40. The van der Waals surface area contributed by atoms with Gasteiger partial charge in [-0.3, -0.25) is 19.6 Å². The molecular weight excluding hydrogens is 382 g/mol. The second kappa shape index (κ2) is 8.52. The highest BCUT2D eigenvalue weighted by Crippen LogP contribution is 2.15. The molecule has 1 atom stereocenters. The van der Waals surface area contributed by atoms with Crippen molar-refractivity contribution in [1.29, 1.82) is 0 Å². The largest absolute Gasteiger partial charge is 0.378 e. The summed E-state index contributed by atoms with van der Waals surface area (Å²) in [5, 5.41) is 17.5. The van der Waals surface area contributed by atoms with Crippen LogP contribution in [0, 0.1) is 0 Å². The highest BCUT2D eigenvalue weighted by molar-refractivity contribution is 5.95. The third-order valence-corrected chi connectivity index (χ3v) is 4.41. The Kier molecular flexibility index (Phi) is 5.46. The van der Waals surface area contributed by atoms with Crippen molar-refractivity contribution < 1.29 is 4.79 Å². The third-order valence-electron chi connectivity index (χ3n) is 4.41. The first-order chi connectivity index (χ1) is 14.6. The van der Waals surface area contributed by atoms with E-state index in [0.29, 0.717) is 29.6 Å². The SMILES string of the molecule is CC(NC(=O)c1cccc(NCc2nc(-c3ccncc3)n[nH]2)c1)c1ncn(C)n1. The van der Waals surface area contributed by atoms with Gasteiger partial charge in [0.25, 0.3) is 5.91 Å². The van der Waals surface area contributed by atoms with E-state index in [4.69, 9.17) is 0 Å². The predicted molar refractivity (Wildman–Crippen MR) is 110 cm³/mol. The topological polar surface area (TPSA) is 126 Å². The molecule has 0 aliphatic carbocycles. The van der Waals surface area contributed by atoms with Gasteiger partial charge in [-0.1, -0.05) is 6.07 Å². The molecule has 10 heteroatoms. The number of aromatic nitrogens is 7. The summed E-state index contributed by atoms with van der Waals surface area (Å²) in [5.74, 6) is 1.67. The van der Waals surface area contributed by atoms with Gasteiger partial charge in [0.15, 0.2) is 11.6 Å². The maximum absolute atomic E-state index is 12.6. The van der Waals surface area contributed by atoms with Gasteiger partial charge in [-0.25, -0.2) is 9.97 Å². The van der Waals surface area contributed by atoms with Crippen LogP contribution >= 0.6 is 0 Å². The van der Waals surface area contributed by atoms with Gasteiger partial charge >= 0.3 is 0 Å². The first kappa shape index (κ1) is 19.2. The van der Waals surface area contributed by atoms with Crippen molar-refractivity contribution in [3.8, 4) is 11.4 Å². The number of benzene rings is 1. The van der Waals surface area contributed by atoms with Gasteiger partial charge in [0.05, 0.1) is 12.6 Å². The molecule has 3 heterocycles. The lowest BCUT2D eigenvalue weighted by Gasteiger charge is -2.12. The summed E-state index contributed by atoms with van der Waals surface area (Å²) in [4.78, 5) is 25.2. The molecule has 1 unspecified atom stereocenters. The Hall–Kier alpha value is -4.08. The number of hydrogen-bond acceptors (Lipinski definition) is 7. The molecule has 152 valence electrons. The fraction of sp³-hybridized carbons (Fsp3) is 0.200. The van der Waals surface area contributed by atoms with Crippen molar-refractivity contribution >= 4 is 11.6 Å². The minimum Gasteiger partial charge on any atom is -0.378 e. The normalized spacial score (nSPS) is 11.8. The van der Waals surface area contributed by atoms with Gasteiger partial charge in [-0.15, -0.1) is 0 Å². The van der Waals surface area contributed by atoms with Crippen LogP contribution < -0.4 is 10.6 Å². The summed E-state index contributed by atoms with van der Waals surface area (Å²) in [5.41, 5.74) is 2.23. The molecule has 3 aromatic heterocycles. The van der Waals surface area contributed by atoms with Crippen LogP contribution in [0.15, 0.2) is 55.1 Å². The standard InChI is InChI=1S/C20H21N9O/c1-13(18-23-12-29(2)28-18)24-20(30)15-4-3-5-16(10-15)22-11-17-25-19(27-26-17)14-6-8-21-9-7-14/h3-10,12-13,22H,11H2,1-2H3,(H,24,30)(H,25,26,27). The molecule has 0 saturated heterocycles. The van der Waals surface area contributed by atoms with Crippen molar-refractivity contribution in [2.45, 2.75) is 19.5 Å². The molecule has 0 spiro atoms. The molecule has 1 aromatic carbocycles. The second-order valence-electron chi connectivity index (χ2n) is 6.75. The van der Waals surface area contributed by atoms with Gasteiger partial charge in [-0.05, 0) is 37.3 Å². The number of amides is 1. The number of aromatic amines is 1. The van der Waals surface area contributed by atoms with Crippen LogP contribution in [0.25, 0.3) is 11.4 Å². The summed E-state index contributed by atoms with van der Waals surface area (Å²) in [6.07, 6.45) is 5.00. The Labute approximate surface area is 172 Å². The third kappa shape index (κ3) is 4.49. The number of hydrogen-bond donors (Lipinski definition) is 3. The molecule has 0 fully saturated rings. The zero-order valence-electron chi connectivity index (χ0n) is 16.6. The van der Waals surface area contributed by atoms with E-state index in [9.17, 15) is 4.79 Å². The van der Waals surface area contributed by atoms with Gasteiger partial charge in [0.2, 0.25) is 0 Å².